The van der Waals surface area contributed by atoms with E-state index in [1.165, 1.54) is 19.2 Å². The normalized spacial score (nSPS) is 14.4. The zero-order valence-corrected chi connectivity index (χ0v) is 20.8. The summed E-state index contributed by atoms with van der Waals surface area (Å²) in [5, 5.41) is 4.43. The molecule has 38 heavy (non-hydrogen) atoms. The number of pyridine rings is 1. The summed E-state index contributed by atoms with van der Waals surface area (Å²) >= 11 is 0. The summed E-state index contributed by atoms with van der Waals surface area (Å²) in [6.45, 7) is 0.157. The average molecular weight is 522 g/mol. The Morgan fingerprint density at radius 1 is 1.24 bits per heavy atom. The van der Waals surface area contributed by atoms with Crippen molar-refractivity contribution in [2.24, 2.45) is 12.8 Å². The van der Waals surface area contributed by atoms with Gasteiger partial charge >= 0.3 is 0 Å². The minimum Gasteiger partial charge on any atom is -0.494 e. The van der Waals surface area contributed by atoms with Gasteiger partial charge in [-0.25, -0.2) is 18.7 Å². The number of ether oxygens (including phenoxy) is 1. The lowest BCUT2D eigenvalue weighted by Crippen LogP contribution is -2.45. The van der Waals surface area contributed by atoms with Crippen molar-refractivity contribution in [2.45, 2.75) is 19.0 Å². The van der Waals surface area contributed by atoms with Gasteiger partial charge in [0.15, 0.2) is 17.2 Å². The molecule has 0 spiro atoms. The first-order valence-electron chi connectivity index (χ1n) is 12.1. The second kappa shape index (κ2) is 9.21. The monoisotopic (exact) mass is 521 g/mol. The van der Waals surface area contributed by atoms with Gasteiger partial charge in [0.05, 0.1) is 48.4 Å². The number of alkyl halides is 1. The van der Waals surface area contributed by atoms with Crippen molar-refractivity contribution < 1.29 is 22.8 Å². The maximum Gasteiger partial charge on any atom is 0.255 e. The average Bonchev–Trinajstić information content (AvgIpc) is 3.63. The molecular weight excluding hydrogens is 496 g/mol. The van der Waals surface area contributed by atoms with E-state index in [1.807, 2.05) is 22.2 Å². The number of halogens is 2. The smallest absolute Gasteiger partial charge is 0.255 e. The molecule has 1 amide bonds. The number of carbonyl (C=O) groups is 1. The van der Waals surface area contributed by atoms with Gasteiger partial charge in [-0.3, -0.25) is 4.79 Å². The van der Waals surface area contributed by atoms with Crippen LogP contribution < -0.4 is 10.5 Å². The third-order valence-electron chi connectivity index (χ3n) is 6.89. The lowest BCUT2D eigenvalue weighted by molar-refractivity contribution is 0.0723. The highest BCUT2D eigenvalue weighted by molar-refractivity contribution is 5.99. The summed E-state index contributed by atoms with van der Waals surface area (Å²) in [5.41, 5.74) is 9.33. The number of fused-ring (bicyclic) bond motifs is 3. The molecule has 0 unspecified atom stereocenters. The minimum atomic E-state index is -0.730. The van der Waals surface area contributed by atoms with Crippen LogP contribution in [-0.4, -0.2) is 68.0 Å². The lowest BCUT2D eigenvalue weighted by atomic mass is 10.0. The van der Waals surface area contributed by atoms with Gasteiger partial charge in [-0.05, 0) is 18.2 Å². The van der Waals surface area contributed by atoms with Gasteiger partial charge in [0.25, 0.3) is 5.91 Å². The zero-order chi connectivity index (χ0) is 26.6. The second-order valence-corrected chi connectivity index (χ2v) is 9.38. The van der Waals surface area contributed by atoms with Gasteiger partial charge in [-0.1, -0.05) is 5.16 Å². The first-order valence-corrected chi connectivity index (χ1v) is 12.1. The third kappa shape index (κ3) is 3.88. The summed E-state index contributed by atoms with van der Waals surface area (Å²) in [6, 6.07) is 7.35. The molecule has 0 aliphatic carbocycles. The van der Waals surface area contributed by atoms with Crippen molar-refractivity contribution in [1.82, 2.24) is 29.2 Å². The minimum absolute atomic E-state index is 0.139. The Bertz CT molecular complexity index is 1680. The molecule has 4 aromatic heterocycles. The van der Waals surface area contributed by atoms with Crippen molar-refractivity contribution in [2.75, 3.05) is 26.9 Å². The number of methoxy groups -OCH3 is 1. The number of aryl methyl sites for hydroxylation is 1. The van der Waals surface area contributed by atoms with Crippen LogP contribution >= 0.6 is 0 Å². The molecule has 1 atom stereocenters. The number of hydrogen-bond donors (Lipinski definition) is 1. The summed E-state index contributed by atoms with van der Waals surface area (Å²) in [7, 11) is 3.33. The standard InChI is InChI=1S/C26H25F2N7O3/c1-33-24-20(10-18-19(31-24)4-6-34(26(18)36)12-16(29)11-27)32-25(33)21-8-14-7-15(28)9-22(37-2)23(14)35(21)13-17-3-5-30-38-17/h3,5,7-10,16H,4,6,11-13,29H2,1-2H3/t16-/m1/s1. The van der Waals surface area contributed by atoms with Crippen LogP contribution in [0.4, 0.5) is 8.78 Å². The molecule has 1 aliphatic rings. The molecule has 12 heteroatoms. The largest absolute Gasteiger partial charge is 0.494 e. The van der Waals surface area contributed by atoms with Crippen LogP contribution in [0.2, 0.25) is 0 Å². The fraction of sp³-hybridized carbons (Fsp3) is 0.308. The quantitative estimate of drug-likeness (QED) is 0.350. The predicted octanol–water partition coefficient (Wildman–Crippen LogP) is 3.07. The van der Waals surface area contributed by atoms with Crippen LogP contribution in [0.5, 0.6) is 5.75 Å². The van der Waals surface area contributed by atoms with E-state index in [2.05, 4.69) is 5.16 Å². The highest BCUT2D eigenvalue weighted by Gasteiger charge is 2.29. The number of hydrogen-bond acceptors (Lipinski definition) is 7. The second-order valence-electron chi connectivity index (χ2n) is 9.38. The van der Waals surface area contributed by atoms with E-state index in [1.54, 1.807) is 23.2 Å². The van der Waals surface area contributed by atoms with E-state index in [0.29, 0.717) is 75.9 Å². The number of carbonyl (C=O) groups excluding carboxylic acids is 1. The summed E-state index contributed by atoms with van der Waals surface area (Å²) in [6.07, 6.45) is 2.08. The first-order chi connectivity index (χ1) is 18.4. The Hall–Kier alpha value is -4.32. The van der Waals surface area contributed by atoms with Gasteiger partial charge in [0.2, 0.25) is 0 Å². The van der Waals surface area contributed by atoms with Crippen molar-refractivity contribution in [3.63, 3.8) is 0 Å². The van der Waals surface area contributed by atoms with Crippen LogP contribution in [0.15, 0.2) is 41.1 Å². The van der Waals surface area contributed by atoms with Crippen molar-refractivity contribution in [1.29, 1.82) is 0 Å². The molecule has 1 aliphatic heterocycles. The predicted molar refractivity (Wildman–Crippen MR) is 135 cm³/mol. The first kappa shape index (κ1) is 24.0. The van der Waals surface area contributed by atoms with Gasteiger partial charge in [0, 0.05) is 44.1 Å². The zero-order valence-electron chi connectivity index (χ0n) is 20.8. The molecular formula is C26H25F2N7O3. The van der Waals surface area contributed by atoms with Crippen LogP contribution in [0.25, 0.3) is 33.6 Å². The fourth-order valence-corrected chi connectivity index (χ4v) is 5.10. The molecule has 1 aromatic carbocycles. The summed E-state index contributed by atoms with van der Waals surface area (Å²) < 4.78 is 42.0. The molecule has 0 fully saturated rings. The molecule has 196 valence electrons. The molecule has 0 bridgehead atoms. The van der Waals surface area contributed by atoms with E-state index in [-0.39, 0.29) is 12.5 Å². The maximum atomic E-state index is 14.4. The highest BCUT2D eigenvalue weighted by Crippen LogP contribution is 2.36. The number of nitrogens with two attached hydrogens (primary N) is 1. The Balaban J connectivity index is 1.50. The van der Waals surface area contributed by atoms with Crippen LogP contribution in [-0.2, 0) is 20.0 Å². The van der Waals surface area contributed by atoms with E-state index in [9.17, 15) is 13.6 Å². The third-order valence-corrected chi connectivity index (χ3v) is 6.89. The topological polar surface area (TPSA) is 117 Å². The number of amides is 1. The Morgan fingerprint density at radius 3 is 2.82 bits per heavy atom. The Morgan fingerprint density at radius 2 is 2.08 bits per heavy atom. The number of aromatic nitrogens is 5. The number of rotatable bonds is 7. The molecule has 2 N–H and O–H groups in total. The van der Waals surface area contributed by atoms with Crippen LogP contribution in [0.1, 0.15) is 21.8 Å². The van der Waals surface area contributed by atoms with Gasteiger partial charge in [0.1, 0.15) is 23.8 Å². The Labute approximate surface area is 215 Å². The molecule has 0 saturated carbocycles. The molecule has 10 nitrogen and oxygen atoms in total. The molecule has 0 radical (unpaired) electrons. The van der Waals surface area contributed by atoms with Gasteiger partial charge in [-0.2, -0.15) is 0 Å². The van der Waals surface area contributed by atoms with Crippen molar-refractivity contribution in [3.05, 3.63) is 59.4 Å². The van der Waals surface area contributed by atoms with E-state index in [0.717, 1.165) is 0 Å². The van der Waals surface area contributed by atoms with Crippen molar-refractivity contribution in [3.8, 4) is 17.3 Å². The van der Waals surface area contributed by atoms with Crippen LogP contribution in [0, 0.1) is 5.82 Å². The number of imidazole rings is 1. The number of benzene rings is 1. The fourth-order valence-electron chi connectivity index (χ4n) is 5.10. The molecule has 0 saturated heterocycles. The molecule has 6 rings (SSSR count). The van der Waals surface area contributed by atoms with Crippen LogP contribution in [0.3, 0.4) is 0 Å². The van der Waals surface area contributed by atoms with Gasteiger partial charge < -0.3 is 29.0 Å². The van der Waals surface area contributed by atoms with E-state index < -0.39 is 18.5 Å². The number of nitrogens with zero attached hydrogens (tertiary/aromatic N) is 6. The molecule has 5 heterocycles. The Kier molecular flexibility index (Phi) is 5.83. The maximum absolute atomic E-state index is 14.4. The van der Waals surface area contributed by atoms with E-state index >= 15 is 0 Å². The van der Waals surface area contributed by atoms with E-state index in [4.69, 9.17) is 25.0 Å². The summed E-state index contributed by atoms with van der Waals surface area (Å²) in [4.78, 5) is 24.3. The SMILES string of the molecule is COc1cc(F)cc2cc(-c3nc4cc5c(nc4n3C)CCN(C[C@H](N)CF)C5=O)n(Cc3ccno3)c12. The molecule has 5 aromatic rings. The summed E-state index contributed by atoms with van der Waals surface area (Å²) in [5.74, 6) is 0.871. The van der Waals surface area contributed by atoms with Gasteiger partial charge in [-0.15, -0.1) is 0 Å². The highest BCUT2D eigenvalue weighted by atomic mass is 19.1. The van der Waals surface area contributed by atoms with Crippen molar-refractivity contribution >= 4 is 28.0 Å². The lowest BCUT2D eigenvalue weighted by Gasteiger charge is -2.29.